The van der Waals surface area contributed by atoms with Gasteiger partial charge >= 0.3 is 0 Å². The molecule has 0 radical (unpaired) electrons. The molecule has 2 aromatic rings. The van der Waals surface area contributed by atoms with Gasteiger partial charge in [0, 0.05) is 35.2 Å². The van der Waals surface area contributed by atoms with Crippen LogP contribution in [-0.2, 0) is 4.79 Å². The molecule has 1 amide bonds. The summed E-state index contributed by atoms with van der Waals surface area (Å²) < 4.78 is 0. The van der Waals surface area contributed by atoms with E-state index in [0.717, 1.165) is 18.8 Å². The van der Waals surface area contributed by atoms with Crippen LogP contribution in [0.25, 0.3) is 0 Å². The van der Waals surface area contributed by atoms with Crippen molar-refractivity contribution in [2.45, 2.75) is 25.8 Å². The number of nitrogens with one attached hydrogen (secondary N) is 2. The smallest absolute Gasteiger partial charge is 0.246 e. The predicted octanol–water partition coefficient (Wildman–Crippen LogP) is 4.38. The van der Waals surface area contributed by atoms with Crippen LogP contribution in [0.4, 0.5) is 17.1 Å². The number of halogens is 1. The second-order valence-electron chi connectivity index (χ2n) is 6.11. The number of rotatable bonds is 5. The summed E-state index contributed by atoms with van der Waals surface area (Å²) in [5, 5.41) is 6.70. The van der Waals surface area contributed by atoms with E-state index in [1.54, 1.807) is 12.1 Å². The van der Waals surface area contributed by atoms with E-state index in [4.69, 9.17) is 11.6 Å². The summed E-state index contributed by atoms with van der Waals surface area (Å²) in [5.74, 6) is -0.0964. The maximum atomic E-state index is 12.3. The van der Waals surface area contributed by atoms with E-state index in [1.807, 2.05) is 31.2 Å². The van der Waals surface area contributed by atoms with Gasteiger partial charge < -0.3 is 15.5 Å². The zero-order chi connectivity index (χ0) is 16.9. The lowest BCUT2D eigenvalue weighted by Crippen LogP contribution is -2.31. The number of benzene rings is 2. The Hall–Kier alpha value is -2.20. The Morgan fingerprint density at radius 1 is 1.08 bits per heavy atom. The van der Waals surface area contributed by atoms with Gasteiger partial charge in [0.15, 0.2) is 0 Å². The van der Waals surface area contributed by atoms with Gasteiger partial charge in [0.25, 0.3) is 0 Å². The van der Waals surface area contributed by atoms with Gasteiger partial charge in [-0.15, -0.1) is 0 Å². The second kappa shape index (κ2) is 7.58. The molecular formula is C19H22ClN3O. The number of carbonyl (C=O) groups is 1. The first kappa shape index (κ1) is 16.7. The third-order valence-corrected chi connectivity index (χ3v) is 4.44. The molecular weight excluding hydrogens is 322 g/mol. The van der Waals surface area contributed by atoms with Crippen molar-refractivity contribution >= 4 is 34.6 Å². The molecule has 0 spiro atoms. The summed E-state index contributed by atoms with van der Waals surface area (Å²) in [6, 6.07) is 15.1. The minimum Gasteiger partial charge on any atom is -0.374 e. The Bertz CT molecular complexity index is 696. The van der Waals surface area contributed by atoms with Gasteiger partial charge in [-0.2, -0.15) is 0 Å². The van der Waals surface area contributed by atoms with Crippen molar-refractivity contribution < 1.29 is 4.79 Å². The van der Waals surface area contributed by atoms with Crippen LogP contribution in [0.2, 0.25) is 5.02 Å². The molecule has 4 nitrogen and oxygen atoms in total. The average molecular weight is 344 g/mol. The second-order valence-corrected chi connectivity index (χ2v) is 6.54. The van der Waals surface area contributed by atoms with Crippen molar-refractivity contribution in [3.05, 3.63) is 53.6 Å². The first-order valence-electron chi connectivity index (χ1n) is 8.30. The van der Waals surface area contributed by atoms with Crippen LogP contribution in [0, 0.1) is 0 Å². The zero-order valence-corrected chi connectivity index (χ0v) is 14.5. The highest BCUT2D eigenvalue weighted by Gasteiger charge is 2.14. The van der Waals surface area contributed by atoms with E-state index in [-0.39, 0.29) is 11.9 Å². The summed E-state index contributed by atoms with van der Waals surface area (Å²) in [6.07, 6.45) is 2.53. The fourth-order valence-corrected chi connectivity index (χ4v) is 3.07. The average Bonchev–Trinajstić information content (AvgIpc) is 3.10. The number of hydrogen-bond donors (Lipinski definition) is 2. The third kappa shape index (κ3) is 4.20. The highest BCUT2D eigenvalue weighted by atomic mass is 35.5. The minimum atomic E-state index is -0.346. The minimum absolute atomic E-state index is 0.0964. The van der Waals surface area contributed by atoms with E-state index in [2.05, 4.69) is 27.7 Å². The normalized spacial score (nSPS) is 15.2. The molecule has 1 aliphatic rings. The molecule has 1 fully saturated rings. The van der Waals surface area contributed by atoms with Gasteiger partial charge in [-0.05, 0) is 62.2 Å². The van der Waals surface area contributed by atoms with Crippen molar-refractivity contribution in [3.63, 3.8) is 0 Å². The number of amides is 1. The first-order valence-corrected chi connectivity index (χ1v) is 8.67. The van der Waals surface area contributed by atoms with Gasteiger partial charge in [0.2, 0.25) is 5.91 Å². The molecule has 1 atom stereocenters. The molecule has 2 N–H and O–H groups in total. The Morgan fingerprint density at radius 2 is 1.79 bits per heavy atom. The van der Waals surface area contributed by atoms with Crippen LogP contribution in [0.5, 0.6) is 0 Å². The molecule has 0 saturated carbocycles. The monoisotopic (exact) mass is 343 g/mol. The molecule has 1 aliphatic heterocycles. The van der Waals surface area contributed by atoms with Gasteiger partial charge in [-0.3, -0.25) is 4.79 Å². The molecule has 5 heteroatoms. The highest BCUT2D eigenvalue weighted by molar-refractivity contribution is 6.30. The van der Waals surface area contributed by atoms with E-state index in [9.17, 15) is 4.79 Å². The Morgan fingerprint density at radius 3 is 2.46 bits per heavy atom. The lowest BCUT2D eigenvalue weighted by atomic mass is 10.2. The quantitative estimate of drug-likeness (QED) is 0.846. The molecule has 1 saturated heterocycles. The summed E-state index contributed by atoms with van der Waals surface area (Å²) >= 11 is 5.94. The lowest BCUT2D eigenvalue weighted by molar-refractivity contribution is -0.116. The molecule has 24 heavy (non-hydrogen) atoms. The molecule has 2 aromatic carbocycles. The van der Waals surface area contributed by atoms with Gasteiger partial charge in [-0.1, -0.05) is 17.7 Å². The first-order chi connectivity index (χ1) is 11.6. The Kier molecular flexibility index (Phi) is 5.26. The fourth-order valence-electron chi connectivity index (χ4n) is 2.88. The van der Waals surface area contributed by atoms with Crippen molar-refractivity contribution in [1.29, 1.82) is 0 Å². The predicted molar refractivity (Wildman–Crippen MR) is 101 cm³/mol. The number of anilines is 3. The maximum Gasteiger partial charge on any atom is 0.246 e. The van der Waals surface area contributed by atoms with E-state index >= 15 is 0 Å². The number of hydrogen-bond acceptors (Lipinski definition) is 3. The Labute approximate surface area is 147 Å². The van der Waals surface area contributed by atoms with Crippen molar-refractivity contribution in [2.24, 2.45) is 0 Å². The molecule has 126 valence electrons. The van der Waals surface area contributed by atoms with Gasteiger partial charge in [0.05, 0.1) is 0 Å². The molecule has 1 heterocycles. The summed E-state index contributed by atoms with van der Waals surface area (Å²) in [5.41, 5.74) is 2.88. The van der Waals surface area contributed by atoms with Crippen molar-refractivity contribution in [1.82, 2.24) is 0 Å². The fraction of sp³-hybridized carbons (Fsp3) is 0.316. The van der Waals surface area contributed by atoms with Crippen LogP contribution in [0.1, 0.15) is 19.8 Å². The summed E-state index contributed by atoms with van der Waals surface area (Å²) in [6.45, 7) is 4.10. The molecule has 0 unspecified atom stereocenters. The zero-order valence-electron chi connectivity index (χ0n) is 13.8. The van der Waals surface area contributed by atoms with Crippen LogP contribution in [0.3, 0.4) is 0 Å². The largest absolute Gasteiger partial charge is 0.374 e. The third-order valence-electron chi connectivity index (χ3n) is 4.21. The molecule has 0 bridgehead atoms. The van der Waals surface area contributed by atoms with Crippen molar-refractivity contribution in [2.75, 3.05) is 28.6 Å². The summed E-state index contributed by atoms with van der Waals surface area (Å²) in [4.78, 5) is 14.7. The maximum absolute atomic E-state index is 12.3. The highest BCUT2D eigenvalue weighted by Crippen LogP contribution is 2.22. The summed E-state index contributed by atoms with van der Waals surface area (Å²) in [7, 11) is 0. The van der Waals surface area contributed by atoms with Crippen LogP contribution < -0.4 is 15.5 Å². The molecule has 0 aliphatic carbocycles. The van der Waals surface area contributed by atoms with Crippen molar-refractivity contribution in [3.8, 4) is 0 Å². The van der Waals surface area contributed by atoms with Crippen LogP contribution in [0.15, 0.2) is 48.5 Å². The van der Waals surface area contributed by atoms with Crippen LogP contribution >= 0.6 is 11.6 Å². The molecule has 0 aromatic heterocycles. The Balaban J connectivity index is 1.57. The SMILES string of the molecule is C[C@@H](Nc1ccc(N2CCCC2)cc1)C(=O)Nc1cccc(Cl)c1. The molecule has 3 rings (SSSR count). The van der Waals surface area contributed by atoms with Gasteiger partial charge in [-0.25, -0.2) is 0 Å². The number of nitrogens with zero attached hydrogens (tertiary/aromatic N) is 1. The topological polar surface area (TPSA) is 44.4 Å². The van der Waals surface area contributed by atoms with E-state index in [1.165, 1.54) is 18.5 Å². The standard InChI is InChI=1S/C19H22ClN3O/c1-14(19(24)22-17-6-4-5-15(20)13-17)21-16-7-9-18(10-8-16)23-11-2-3-12-23/h4-10,13-14,21H,2-3,11-12H2,1H3,(H,22,24)/t14-/m1/s1. The number of carbonyl (C=O) groups excluding carboxylic acids is 1. The van der Waals surface area contributed by atoms with Crippen LogP contribution in [-0.4, -0.2) is 25.0 Å². The van der Waals surface area contributed by atoms with E-state index in [0.29, 0.717) is 10.7 Å². The lowest BCUT2D eigenvalue weighted by Gasteiger charge is -2.19. The van der Waals surface area contributed by atoms with Gasteiger partial charge in [0.1, 0.15) is 6.04 Å². The van der Waals surface area contributed by atoms with E-state index < -0.39 is 0 Å².